The lowest BCUT2D eigenvalue weighted by atomic mass is 10.1. The van der Waals surface area contributed by atoms with E-state index in [1.165, 1.54) is 7.11 Å². The molecule has 0 radical (unpaired) electrons. The van der Waals surface area contributed by atoms with Gasteiger partial charge >= 0.3 is 0 Å². The van der Waals surface area contributed by atoms with Crippen LogP contribution in [-0.2, 0) is 0 Å². The topological polar surface area (TPSA) is 67.4 Å². The first-order chi connectivity index (χ1) is 12.1. The van der Waals surface area contributed by atoms with E-state index in [-0.39, 0.29) is 0 Å². The Kier molecular flexibility index (Phi) is 5.00. The van der Waals surface area contributed by atoms with E-state index < -0.39 is 11.8 Å². The van der Waals surface area contributed by atoms with E-state index >= 15 is 0 Å². The average molecular weight is 399 g/mol. The number of hydrogen-bond donors (Lipinski definition) is 2. The minimum atomic E-state index is -0.456. The summed E-state index contributed by atoms with van der Waals surface area (Å²) in [6.07, 6.45) is 0. The van der Waals surface area contributed by atoms with Gasteiger partial charge in [-0.2, -0.15) is 0 Å². The third-order valence-corrected chi connectivity index (χ3v) is 4.41. The molecule has 0 heterocycles. The van der Waals surface area contributed by atoms with Crippen molar-refractivity contribution in [3.8, 4) is 5.75 Å². The van der Waals surface area contributed by atoms with E-state index in [9.17, 15) is 9.59 Å². The summed E-state index contributed by atoms with van der Waals surface area (Å²) in [6.45, 7) is 0. The van der Waals surface area contributed by atoms with Crippen LogP contribution >= 0.6 is 15.9 Å². The van der Waals surface area contributed by atoms with Gasteiger partial charge in [0.2, 0.25) is 0 Å². The summed E-state index contributed by atoms with van der Waals surface area (Å²) in [5.41, 5.74) is 5.60. The molecule has 0 atom stereocenters. The normalized spacial score (nSPS) is 10.3. The Morgan fingerprint density at radius 2 is 1.40 bits per heavy atom. The monoisotopic (exact) mass is 398 g/mol. The number of hydrogen-bond acceptors (Lipinski definition) is 3. The predicted octanol–water partition coefficient (Wildman–Crippen LogP) is 3.69. The van der Waals surface area contributed by atoms with Crippen LogP contribution in [0.3, 0.4) is 0 Å². The fraction of sp³-hybridized carbons (Fsp3) is 0.0526. The molecule has 0 aliphatic heterocycles. The molecular weight excluding hydrogens is 384 g/mol. The van der Waals surface area contributed by atoms with Crippen LogP contribution in [0.2, 0.25) is 0 Å². The van der Waals surface area contributed by atoms with Crippen LogP contribution in [0.15, 0.2) is 65.1 Å². The molecule has 0 bridgehead atoms. The molecule has 6 heteroatoms. The van der Waals surface area contributed by atoms with E-state index in [4.69, 9.17) is 4.74 Å². The molecular formula is C19H15BrN2O3. The summed E-state index contributed by atoms with van der Waals surface area (Å²) in [5, 5.41) is 1.87. The number of carbonyl (C=O) groups excluding carboxylic acids is 2. The number of rotatable bonds is 3. The molecule has 25 heavy (non-hydrogen) atoms. The summed E-state index contributed by atoms with van der Waals surface area (Å²) in [4.78, 5) is 24.7. The van der Waals surface area contributed by atoms with Crippen LogP contribution in [0.4, 0.5) is 0 Å². The highest BCUT2D eigenvalue weighted by molar-refractivity contribution is 9.10. The highest BCUT2D eigenvalue weighted by atomic mass is 79.9. The smallest absolute Gasteiger partial charge is 0.273 e. The standard InChI is InChI=1S/C19H15BrN2O3/c1-25-17-11-13-7-3-2-6-12(13)10-15(17)19(24)22-21-18(23)14-8-4-5-9-16(14)20/h2-11H,1H3,(H,21,23)(H,22,24). The number of carbonyl (C=O) groups is 2. The molecule has 3 rings (SSSR count). The van der Waals surface area contributed by atoms with Crippen LogP contribution in [0, 0.1) is 0 Å². The zero-order valence-electron chi connectivity index (χ0n) is 13.4. The Balaban J connectivity index is 1.80. The lowest BCUT2D eigenvalue weighted by molar-refractivity contribution is 0.0844. The van der Waals surface area contributed by atoms with E-state index in [0.29, 0.717) is 21.3 Å². The molecule has 0 aliphatic carbocycles. The molecule has 5 nitrogen and oxygen atoms in total. The largest absolute Gasteiger partial charge is 0.496 e. The Morgan fingerprint density at radius 1 is 0.840 bits per heavy atom. The molecule has 2 N–H and O–H groups in total. The zero-order chi connectivity index (χ0) is 17.8. The van der Waals surface area contributed by atoms with Gasteiger partial charge < -0.3 is 4.74 Å². The minimum Gasteiger partial charge on any atom is -0.496 e. The van der Waals surface area contributed by atoms with Crippen molar-refractivity contribution in [1.82, 2.24) is 10.9 Å². The fourth-order valence-electron chi connectivity index (χ4n) is 2.46. The first kappa shape index (κ1) is 17.0. The molecule has 0 saturated heterocycles. The summed E-state index contributed by atoms with van der Waals surface area (Å²) in [5.74, 6) is -0.435. The van der Waals surface area contributed by atoms with Crippen molar-refractivity contribution in [2.45, 2.75) is 0 Å². The molecule has 3 aromatic carbocycles. The number of nitrogens with one attached hydrogen (secondary N) is 2. The third kappa shape index (κ3) is 3.64. The number of amides is 2. The van der Waals surface area contributed by atoms with Crippen molar-refractivity contribution < 1.29 is 14.3 Å². The van der Waals surface area contributed by atoms with E-state index in [2.05, 4.69) is 26.8 Å². The first-order valence-electron chi connectivity index (χ1n) is 7.52. The molecule has 0 aliphatic rings. The Bertz CT molecular complexity index is 956. The van der Waals surface area contributed by atoms with E-state index in [1.807, 2.05) is 24.3 Å². The van der Waals surface area contributed by atoms with E-state index in [1.54, 1.807) is 36.4 Å². The van der Waals surface area contributed by atoms with Crippen molar-refractivity contribution >= 4 is 38.5 Å². The van der Waals surface area contributed by atoms with Crippen LogP contribution < -0.4 is 15.6 Å². The van der Waals surface area contributed by atoms with Gasteiger partial charge in [0.25, 0.3) is 11.8 Å². The molecule has 3 aromatic rings. The van der Waals surface area contributed by atoms with E-state index in [0.717, 1.165) is 10.8 Å². The number of methoxy groups -OCH3 is 1. The summed E-state index contributed by atoms with van der Waals surface area (Å²) >= 11 is 3.31. The second kappa shape index (κ2) is 7.36. The second-order valence-electron chi connectivity index (χ2n) is 5.29. The van der Waals surface area contributed by atoms with Crippen LogP contribution in [0.5, 0.6) is 5.75 Å². The van der Waals surface area contributed by atoms with Crippen LogP contribution in [0.1, 0.15) is 20.7 Å². The highest BCUT2D eigenvalue weighted by Gasteiger charge is 2.15. The van der Waals surface area contributed by atoms with Gasteiger partial charge in [0.1, 0.15) is 5.75 Å². The number of hydrazine groups is 1. The van der Waals surface area contributed by atoms with Crippen molar-refractivity contribution in [2.75, 3.05) is 7.11 Å². The quantitative estimate of drug-likeness (QED) is 0.661. The Labute approximate surface area is 153 Å². The number of benzene rings is 3. The molecule has 0 aromatic heterocycles. The summed E-state index contributed by atoms with van der Waals surface area (Å²) in [6, 6.07) is 18.1. The molecule has 0 saturated carbocycles. The van der Waals surface area contributed by atoms with Crippen molar-refractivity contribution in [2.24, 2.45) is 0 Å². The average Bonchev–Trinajstić information content (AvgIpc) is 2.65. The van der Waals surface area contributed by atoms with Gasteiger partial charge in [-0.15, -0.1) is 0 Å². The molecule has 126 valence electrons. The Hall–Kier alpha value is -2.86. The molecule has 0 fully saturated rings. The van der Waals surface area contributed by atoms with Crippen molar-refractivity contribution in [1.29, 1.82) is 0 Å². The number of ether oxygens (including phenoxy) is 1. The lowest BCUT2D eigenvalue weighted by Crippen LogP contribution is -2.41. The van der Waals surface area contributed by atoms with Crippen LogP contribution in [0.25, 0.3) is 10.8 Å². The fourth-order valence-corrected chi connectivity index (χ4v) is 2.92. The summed E-state index contributed by atoms with van der Waals surface area (Å²) < 4.78 is 5.95. The highest BCUT2D eigenvalue weighted by Crippen LogP contribution is 2.25. The molecule has 0 unspecified atom stereocenters. The lowest BCUT2D eigenvalue weighted by Gasteiger charge is -2.12. The zero-order valence-corrected chi connectivity index (χ0v) is 15.0. The maximum Gasteiger partial charge on any atom is 0.273 e. The van der Waals surface area contributed by atoms with Gasteiger partial charge in [-0.05, 0) is 51.0 Å². The van der Waals surface area contributed by atoms with Gasteiger partial charge in [0.15, 0.2) is 0 Å². The van der Waals surface area contributed by atoms with Gasteiger partial charge in [0.05, 0.1) is 18.2 Å². The third-order valence-electron chi connectivity index (χ3n) is 3.72. The maximum absolute atomic E-state index is 12.5. The Morgan fingerprint density at radius 3 is 2.04 bits per heavy atom. The van der Waals surface area contributed by atoms with Gasteiger partial charge in [-0.25, -0.2) is 0 Å². The van der Waals surface area contributed by atoms with Gasteiger partial charge in [0, 0.05) is 4.47 Å². The van der Waals surface area contributed by atoms with Crippen molar-refractivity contribution in [3.63, 3.8) is 0 Å². The summed E-state index contributed by atoms with van der Waals surface area (Å²) in [7, 11) is 1.50. The van der Waals surface area contributed by atoms with Gasteiger partial charge in [-0.1, -0.05) is 36.4 Å². The molecule has 0 spiro atoms. The van der Waals surface area contributed by atoms with Gasteiger partial charge in [-0.3, -0.25) is 20.4 Å². The first-order valence-corrected chi connectivity index (χ1v) is 8.31. The number of halogens is 1. The second-order valence-corrected chi connectivity index (χ2v) is 6.14. The van der Waals surface area contributed by atoms with Crippen molar-refractivity contribution in [3.05, 3.63) is 76.3 Å². The SMILES string of the molecule is COc1cc2ccccc2cc1C(=O)NNC(=O)c1ccccc1Br. The number of fused-ring (bicyclic) bond motifs is 1. The van der Waals surface area contributed by atoms with Crippen LogP contribution in [-0.4, -0.2) is 18.9 Å². The minimum absolute atomic E-state index is 0.341. The predicted molar refractivity (Wildman–Crippen MR) is 99.6 cm³/mol. The molecule has 2 amide bonds. The maximum atomic E-state index is 12.5.